The van der Waals surface area contributed by atoms with E-state index >= 15 is 0 Å². The van der Waals surface area contributed by atoms with Gasteiger partial charge in [0.1, 0.15) is 11.5 Å². The van der Waals surface area contributed by atoms with Crippen LogP contribution < -0.4 is 21.9 Å². The molecule has 0 saturated heterocycles. The van der Waals surface area contributed by atoms with Crippen molar-refractivity contribution in [2.24, 2.45) is 11.8 Å². The molecular formula is C21H27BrN6O3. The van der Waals surface area contributed by atoms with Crippen molar-refractivity contribution in [2.45, 2.75) is 40.8 Å². The van der Waals surface area contributed by atoms with E-state index < -0.39 is 11.2 Å². The highest BCUT2D eigenvalue weighted by Gasteiger charge is 2.22. The monoisotopic (exact) mass is 490 g/mol. The number of nitrogens with two attached hydrogens (primary N) is 1. The van der Waals surface area contributed by atoms with Crippen molar-refractivity contribution in [3.8, 4) is 11.5 Å². The predicted molar refractivity (Wildman–Crippen MR) is 124 cm³/mol. The molecule has 1 aromatic carbocycles. The van der Waals surface area contributed by atoms with Gasteiger partial charge in [-0.2, -0.15) is 0 Å². The topological polar surface area (TPSA) is 123 Å². The Morgan fingerprint density at radius 1 is 1.19 bits per heavy atom. The Hall–Kier alpha value is -2.88. The quantitative estimate of drug-likeness (QED) is 0.496. The van der Waals surface area contributed by atoms with E-state index in [1.807, 2.05) is 52.0 Å². The summed E-state index contributed by atoms with van der Waals surface area (Å²) in [6.45, 7) is 9.12. The summed E-state index contributed by atoms with van der Waals surface area (Å²) in [4.78, 5) is 29.2. The Kier molecular flexibility index (Phi) is 6.99. The number of nitrogen functional groups attached to an aromatic ring is 1. The van der Waals surface area contributed by atoms with Crippen molar-refractivity contribution >= 4 is 27.4 Å². The SMILES string of the molecule is CC(C)CN(Cc1nnc(-c2cccc(Br)c2)o1)c1c(N)n(CC(C)C)c(=O)[nH]c1=O. The highest BCUT2D eigenvalue weighted by molar-refractivity contribution is 9.10. The van der Waals surface area contributed by atoms with E-state index in [2.05, 4.69) is 31.1 Å². The molecule has 0 spiro atoms. The summed E-state index contributed by atoms with van der Waals surface area (Å²) < 4.78 is 8.15. The summed E-state index contributed by atoms with van der Waals surface area (Å²) in [6, 6.07) is 7.55. The zero-order chi connectivity index (χ0) is 22.7. The number of aromatic nitrogens is 4. The molecule has 0 fully saturated rings. The number of H-pyrrole nitrogens is 1. The molecule has 0 atom stereocenters. The molecule has 9 nitrogen and oxygen atoms in total. The van der Waals surface area contributed by atoms with Gasteiger partial charge in [-0.15, -0.1) is 10.2 Å². The lowest BCUT2D eigenvalue weighted by Crippen LogP contribution is -2.40. The van der Waals surface area contributed by atoms with Gasteiger partial charge in [-0.05, 0) is 30.0 Å². The molecule has 0 aliphatic rings. The van der Waals surface area contributed by atoms with Crippen LogP contribution in [0.4, 0.5) is 11.5 Å². The van der Waals surface area contributed by atoms with Crippen molar-refractivity contribution in [1.29, 1.82) is 0 Å². The summed E-state index contributed by atoms with van der Waals surface area (Å²) in [6.07, 6.45) is 0. The molecule has 0 radical (unpaired) electrons. The van der Waals surface area contributed by atoms with Crippen LogP contribution in [0.1, 0.15) is 33.6 Å². The van der Waals surface area contributed by atoms with Crippen LogP contribution >= 0.6 is 15.9 Å². The highest BCUT2D eigenvalue weighted by Crippen LogP contribution is 2.24. The molecule has 0 saturated carbocycles. The zero-order valence-electron chi connectivity index (χ0n) is 18.1. The minimum absolute atomic E-state index is 0.134. The fourth-order valence-electron chi connectivity index (χ4n) is 3.32. The number of nitrogens with zero attached hydrogens (tertiary/aromatic N) is 4. The third kappa shape index (κ3) is 5.43. The molecule has 2 aromatic heterocycles. The van der Waals surface area contributed by atoms with Crippen LogP contribution in [0.25, 0.3) is 11.5 Å². The van der Waals surface area contributed by atoms with Gasteiger partial charge in [0.05, 0.1) is 6.54 Å². The molecule has 3 aromatic rings. The van der Waals surface area contributed by atoms with Crippen LogP contribution in [0.5, 0.6) is 0 Å². The first-order valence-corrected chi connectivity index (χ1v) is 10.9. The number of halogens is 1. The van der Waals surface area contributed by atoms with Crippen molar-refractivity contribution in [1.82, 2.24) is 19.7 Å². The van der Waals surface area contributed by atoms with Crippen LogP contribution in [0.15, 0.2) is 42.7 Å². The van der Waals surface area contributed by atoms with Crippen LogP contribution in [0.2, 0.25) is 0 Å². The number of benzene rings is 1. The van der Waals surface area contributed by atoms with E-state index in [1.165, 1.54) is 4.57 Å². The smallest absolute Gasteiger partial charge is 0.330 e. The minimum Gasteiger partial charge on any atom is -0.419 e. The van der Waals surface area contributed by atoms with Crippen molar-refractivity contribution in [3.63, 3.8) is 0 Å². The zero-order valence-corrected chi connectivity index (χ0v) is 19.6. The van der Waals surface area contributed by atoms with Crippen molar-refractivity contribution < 1.29 is 4.42 Å². The Morgan fingerprint density at radius 2 is 1.94 bits per heavy atom. The molecule has 0 amide bonds. The van der Waals surface area contributed by atoms with Crippen LogP contribution in [-0.2, 0) is 13.1 Å². The first-order valence-electron chi connectivity index (χ1n) is 10.1. The molecule has 3 N–H and O–H groups in total. The van der Waals surface area contributed by atoms with Crippen LogP contribution in [0, 0.1) is 11.8 Å². The molecule has 0 bridgehead atoms. The molecule has 10 heteroatoms. The Balaban J connectivity index is 1.99. The largest absolute Gasteiger partial charge is 0.419 e. The van der Waals surface area contributed by atoms with Gasteiger partial charge < -0.3 is 15.1 Å². The van der Waals surface area contributed by atoms with E-state index in [-0.39, 0.29) is 29.9 Å². The Bertz CT molecular complexity index is 1160. The summed E-state index contributed by atoms with van der Waals surface area (Å²) in [5, 5.41) is 8.28. The van der Waals surface area contributed by atoms with Gasteiger partial charge in [0, 0.05) is 23.1 Å². The maximum absolute atomic E-state index is 12.7. The fourth-order valence-corrected chi connectivity index (χ4v) is 3.72. The molecule has 0 aliphatic heterocycles. The lowest BCUT2D eigenvalue weighted by Gasteiger charge is -2.26. The van der Waals surface area contributed by atoms with Crippen LogP contribution in [0.3, 0.4) is 0 Å². The number of rotatable bonds is 8. The maximum atomic E-state index is 12.7. The van der Waals surface area contributed by atoms with Gasteiger partial charge in [-0.3, -0.25) is 14.3 Å². The molecule has 3 rings (SSSR count). The maximum Gasteiger partial charge on any atom is 0.330 e. The van der Waals surface area contributed by atoms with E-state index in [9.17, 15) is 9.59 Å². The molecular weight excluding hydrogens is 464 g/mol. The first-order chi connectivity index (χ1) is 14.7. The van der Waals surface area contributed by atoms with E-state index in [1.54, 1.807) is 4.90 Å². The lowest BCUT2D eigenvalue weighted by molar-refractivity contribution is 0.482. The standard InChI is InChI=1S/C21H27BrN6O3/c1-12(2)9-27(17-18(23)28(10-13(3)4)21(30)24-19(17)29)11-16-25-26-20(31-16)14-6-5-7-15(22)8-14/h5-8,12-13H,9-11,23H2,1-4H3,(H,24,29,30). The van der Waals surface area contributed by atoms with E-state index in [0.717, 1.165) is 10.0 Å². The summed E-state index contributed by atoms with van der Waals surface area (Å²) >= 11 is 3.43. The number of nitrogens with one attached hydrogen (secondary N) is 1. The van der Waals surface area contributed by atoms with E-state index in [0.29, 0.717) is 24.9 Å². The minimum atomic E-state index is -0.533. The predicted octanol–water partition coefficient (Wildman–Crippen LogP) is 3.25. The van der Waals surface area contributed by atoms with E-state index in [4.69, 9.17) is 10.2 Å². The molecule has 166 valence electrons. The number of aromatic amines is 1. The second-order valence-corrected chi connectivity index (χ2v) is 9.20. The molecule has 31 heavy (non-hydrogen) atoms. The lowest BCUT2D eigenvalue weighted by atomic mass is 10.2. The van der Waals surface area contributed by atoms with Gasteiger partial charge >= 0.3 is 5.69 Å². The average molecular weight is 491 g/mol. The summed E-state index contributed by atoms with van der Waals surface area (Å²) in [5.74, 6) is 1.26. The van der Waals surface area contributed by atoms with Gasteiger partial charge in [0.25, 0.3) is 5.56 Å². The third-order valence-corrected chi connectivity index (χ3v) is 5.02. The van der Waals surface area contributed by atoms with Crippen LogP contribution in [-0.4, -0.2) is 26.3 Å². The molecule has 0 unspecified atom stereocenters. The second-order valence-electron chi connectivity index (χ2n) is 8.28. The highest BCUT2D eigenvalue weighted by atomic mass is 79.9. The summed E-state index contributed by atoms with van der Waals surface area (Å²) in [7, 11) is 0. The average Bonchev–Trinajstić information content (AvgIpc) is 3.13. The normalized spacial score (nSPS) is 11.5. The fraction of sp³-hybridized carbons (Fsp3) is 0.429. The second kappa shape index (κ2) is 9.51. The third-order valence-electron chi connectivity index (χ3n) is 4.53. The van der Waals surface area contributed by atoms with Gasteiger partial charge in [0.2, 0.25) is 11.8 Å². The molecule has 0 aliphatic carbocycles. The first kappa shape index (κ1) is 22.8. The Morgan fingerprint density at radius 3 is 2.58 bits per heavy atom. The number of anilines is 2. The Labute approximate surface area is 188 Å². The van der Waals surface area contributed by atoms with Crippen molar-refractivity contribution in [3.05, 3.63) is 55.5 Å². The van der Waals surface area contributed by atoms with Gasteiger partial charge in [-0.25, -0.2) is 4.79 Å². The van der Waals surface area contributed by atoms with Crippen molar-refractivity contribution in [2.75, 3.05) is 17.2 Å². The number of hydrogen-bond acceptors (Lipinski definition) is 7. The van der Waals surface area contributed by atoms with Gasteiger partial charge in [-0.1, -0.05) is 49.7 Å². The summed E-state index contributed by atoms with van der Waals surface area (Å²) in [5.41, 5.74) is 6.27. The molecule has 2 heterocycles. The van der Waals surface area contributed by atoms with Gasteiger partial charge in [0.15, 0.2) is 0 Å². The number of hydrogen-bond donors (Lipinski definition) is 2.